The summed E-state index contributed by atoms with van der Waals surface area (Å²) >= 11 is 0. The Hall–Kier alpha value is -2.04. The summed E-state index contributed by atoms with van der Waals surface area (Å²) < 4.78 is 4.78. The Labute approximate surface area is 79.0 Å². The lowest BCUT2D eigenvalue weighted by Gasteiger charge is -1.96. The second-order valence-electron chi connectivity index (χ2n) is 2.86. The van der Waals surface area contributed by atoms with E-state index in [1.807, 2.05) is 6.07 Å². The summed E-state index contributed by atoms with van der Waals surface area (Å²) in [6, 6.07) is 6.70. The third kappa shape index (κ3) is 1.82. The molecule has 0 aliphatic rings. The minimum atomic E-state index is -0.500. The largest absolute Gasteiger partial charge is 0.508 e. The fourth-order valence-electron chi connectivity index (χ4n) is 1.18. The molecular weight excluding hydrogens is 184 g/mol. The van der Waals surface area contributed by atoms with Crippen molar-refractivity contribution >= 4 is 0 Å². The van der Waals surface area contributed by atoms with Gasteiger partial charge in [-0.25, -0.2) is 4.79 Å². The molecule has 0 spiro atoms. The quantitative estimate of drug-likeness (QED) is 0.732. The molecule has 0 aliphatic heterocycles. The number of benzene rings is 1. The third-order valence-electron chi connectivity index (χ3n) is 1.75. The van der Waals surface area contributed by atoms with Crippen molar-refractivity contribution in [3.8, 4) is 5.75 Å². The molecule has 14 heavy (non-hydrogen) atoms. The number of aromatic amines is 1. The molecule has 0 saturated carbocycles. The molecule has 5 heteroatoms. The molecule has 0 unspecified atom stereocenters. The SMILES string of the molecule is O=c1nc(Cc2cccc(O)c2)o[nH]1. The molecule has 2 rings (SSSR count). The minimum absolute atomic E-state index is 0.181. The predicted octanol–water partition coefficient (Wildman–Crippen LogP) is 0.659. The number of aromatic hydroxyl groups is 1. The van der Waals surface area contributed by atoms with E-state index >= 15 is 0 Å². The topological polar surface area (TPSA) is 79.1 Å². The van der Waals surface area contributed by atoms with Crippen LogP contribution in [0.3, 0.4) is 0 Å². The van der Waals surface area contributed by atoms with Gasteiger partial charge in [0.15, 0.2) is 0 Å². The average molecular weight is 192 g/mol. The monoisotopic (exact) mass is 192 g/mol. The molecule has 0 amide bonds. The maximum Gasteiger partial charge on any atom is 0.377 e. The third-order valence-corrected chi connectivity index (χ3v) is 1.75. The number of H-pyrrole nitrogens is 1. The van der Waals surface area contributed by atoms with Crippen LogP contribution >= 0.6 is 0 Å². The molecule has 1 aromatic carbocycles. The Kier molecular flexibility index (Phi) is 2.06. The van der Waals surface area contributed by atoms with Gasteiger partial charge in [0.2, 0.25) is 5.89 Å². The van der Waals surface area contributed by atoms with Crippen LogP contribution < -0.4 is 5.69 Å². The summed E-state index contributed by atoms with van der Waals surface area (Å²) in [7, 11) is 0. The van der Waals surface area contributed by atoms with Crippen LogP contribution in [0.1, 0.15) is 11.5 Å². The van der Waals surface area contributed by atoms with E-state index < -0.39 is 5.69 Å². The zero-order valence-electron chi connectivity index (χ0n) is 7.23. The van der Waals surface area contributed by atoms with E-state index in [0.29, 0.717) is 12.3 Å². The van der Waals surface area contributed by atoms with Crippen LogP contribution in [0.25, 0.3) is 0 Å². The van der Waals surface area contributed by atoms with Gasteiger partial charge in [-0.15, -0.1) is 0 Å². The van der Waals surface area contributed by atoms with Crippen LogP contribution in [0.5, 0.6) is 5.75 Å². The van der Waals surface area contributed by atoms with Gasteiger partial charge in [0.05, 0.1) is 6.42 Å². The highest BCUT2D eigenvalue weighted by molar-refractivity contribution is 5.28. The van der Waals surface area contributed by atoms with Gasteiger partial charge in [-0.2, -0.15) is 10.1 Å². The van der Waals surface area contributed by atoms with Crippen molar-refractivity contribution in [3.63, 3.8) is 0 Å². The summed E-state index contributed by atoms with van der Waals surface area (Å²) in [6.07, 6.45) is 0.382. The van der Waals surface area contributed by atoms with Crippen LogP contribution in [-0.4, -0.2) is 15.2 Å². The van der Waals surface area contributed by atoms with Gasteiger partial charge in [0.1, 0.15) is 5.75 Å². The van der Waals surface area contributed by atoms with E-state index in [4.69, 9.17) is 4.52 Å². The number of phenolic OH excluding ortho intramolecular Hbond substituents is 1. The average Bonchev–Trinajstić information content (AvgIpc) is 2.51. The highest BCUT2D eigenvalue weighted by atomic mass is 16.5. The zero-order chi connectivity index (χ0) is 9.97. The smallest absolute Gasteiger partial charge is 0.377 e. The van der Waals surface area contributed by atoms with Crippen molar-refractivity contribution in [2.75, 3.05) is 0 Å². The number of hydrogen-bond acceptors (Lipinski definition) is 4. The summed E-state index contributed by atoms with van der Waals surface area (Å²) in [6.45, 7) is 0. The molecule has 1 heterocycles. The van der Waals surface area contributed by atoms with Crippen molar-refractivity contribution in [1.29, 1.82) is 0 Å². The van der Waals surface area contributed by atoms with E-state index in [-0.39, 0.29) is 5.75 Å². The molecule has 0 bridgehead atoms. The number of hydrogen-bond donors (Lipinski definition) is 2. The fraction of sp³-hybridized carbons (Fsp3) is 0.111. The molecule has 0 radical (unpaired) electrons. The Balaban J connectivity index is 2.22. The van der Waals surface area contributed by atoms with Crippen molar-refractivity contribution in [3.05, 3.63) is 46.2 Å². The van der Waals surface area contributed by atoms with E-state index in [0.717, 1.165) is 5.56 Å². The second-order valence-corrected chi connectivity index (χ2v) is 2.86. The molecule has 0 atom stereocenters. The molecule has 5 nitrogen and oxygen atoms in total. The normalized spacial score (nSPS) is 10.3. The zero-order valence-corrected chi connectivity index (χ0v) is 7.23. The molecule has 1 aromatic heterocycles. The standard InChI is InChI=1S/C9H8N2O3/c12-7-3-1-2-6(4-7)5-8-10-9(13)11-14-8/h1-4,12H,5H2,(H,11,13). The number of phenols is 1. The Morgan fingerprint density at radius 2 is 2.36 bits per heavy atom. The second kappa shape index (κ2) is 3.37. The van der Waals surface area contributed by atoms with Gasteiger partial charge in [-0.1, -0.05) is 12.1 Å². The lowest BCUT2D eigenvalue weighted by Crippen LogP contribution is -2.01. The van der Waals surface area contributed by atoms with Crippen molar-refractivity contribution in [2.24, 2.45) is 0 Å². The maximum atomic E-state index is 10.6. The summed E-state index contributed by atoms with van der Waals surface area (Å²) in [5.74, 6) is 0.487. The van der Waals surface area contributed by atoms with Crippen LogP contribution in [0.15, 0.2) is 33.6 Å². The number of nitrogens with one attached hydrogen (secondary N) is 1. The highest BCUT2D eigenvalue weighted by Crippen LogP contribution is 2.13. The van der Waals surface area contributed by atoms with Crippen molar-refractivity contribution in [2.45, 2.75) is 6.42 Å². The molecular formula is C9H8N2O3. The van der Waals surface area contributed by atoms with Crippen molar-refractivity contribution < 1.29 is 9.63 Å². The molecule has 0 saturated heterocycles. The van der Waals surface area contributed by atoms with E-state index in [1.165, 1.54) is 0 Å². The van der Waals surface area contributed by atoms with Crippen LogP contribution in [0.4, 0.5) is 0 Å². The van der Waals surface area contributed by atoms with Gasteiger partial charge in [-0.05, 0) is 17.7 Å². The molecule has 2 N–H and O–H groups in total. The Morgan fingerprint density at radius 3 is 3.00 bits per heavy atom. The van der Waals surface area contributed by atoms with E-state index in [9.17, 15) is 9.90 Å². The Morgan fingerprint density at radius 1 is 1.50 bits per heavy atom. The maximum absolute atomic E-state index is 10.6. The fourth-order valence-corrected chi connectivity index (χ4v) is 1.18. The number of nitrogens with zero attached hydrogens (tertiary/aromatic N) is 1. The van der Waals surface area contributed by atoms with Crippen LogP contribution in [0.2, 0.25) is 0 Å². The van der Waals surface area contributed by atoms with Gasteiger partial charge in [0.25, 0.3) is 0 Å². The highest BCUT2D eigenvalue weighted by Gasteiger charge is 2.03. The van der Waals surface area contributed by atoms with Crippen LogP contribution in [-0.2, 0) is 6.42 Å². The lowest BCUT2D eigenvalue weighted by molar-refractivity contribution is 0.380. The van der Waals surface area contributed by atoms with Gasteiger partial charge >= 0.3 is 5.69 Å². The first-order chi connectivity index (χ1) is 6.74. The van der Waals surface area contributed by atoms with Gasteiger partial charge in [0, 0.05) is 0 Å². The Bertz CT molecular complexity index is 487. The molecule has 72 valence electrons. The minimum Gasteiger partial charge on any atom is -0.508 e. The first-order valence-electron chi connectivity index (χ1n) is 4.06. The summed E-state index contributed by atoms with van der Waals surface area (Å²) in [4.78, 5) is 14.2. The summed E-state index contributed by atoms with van der Waals surface area (Å²) in [5, 5.41) is 11.3. The molecule has 0 fully saturated rings. The predicted molar refractivity (Wildman–Crippen MR) is 48.0 cm³/mol. The first kappa shape index (κ1) is 8.55. The molecule has 0 aliphatic carbocycles. The van der Waals surface area contributed by atoms with E-state index in [1.54, 1.807) is 18.2 Å². The lowest BCUT2D eigenvalue weighted by atomic mass is 10.1. The number of aromatic nitrogens is 2. The van der Waals surface area contributed by atoms with Gasteiger partial charge in [-0.3, -0.25) is 0 Å². The van der Waals surface area contributed by atoms with Crippen molar-refractivity contribution in [1.82, 2.24) is 10.1 Å². The summed E-state index contributed by atoms with van der Waals surface area (Å²) in [5.41, 5.74) is 0.334. The number of rotatable bonds is 2. The molecule has 2 aromatic rings. The van der Waals surface area contributed by atoms with Crippen LogP contribution in [0, 0.1) is 0 Å². The van der Waals surface area contributed by atoms with E-state index in [2.05, 4.69) is 10.1 Å². The van der Waals surface area contributed by atoms with Gasteiger partial charge < -0.3 is 9.63 Å². The first-order valence-corrected chi connectivity index (χ1v) is 4.06.